The molecule has 0 aromatic heterocycles. The van der Waals surface area contributed by atoms with Crippen LogP contribution in [0.15, 0.2) is 54.6 Å². The van der Waals surface area contributed by atoms with Gasteiger partial charge in [0.2, 0.25) is 11.8 Å². The lowest BCUT2D eigenvalue weighted by molar-refractivity contribution is -0.123. The van der Waals surface area contributed by atoms with Gasteiger partial charge in [-0.25, -0.2) is 4.79 Å². The number of esters is 1. The van der Waals surface area contributed by atoms with Crippen LogP contribution in [0.1, 0.15) is 23.7 Å². The maximum atomic E-state index is 12.8. The zero-order chi connectivity index (χ0) is 19.4. The lowest BCUT2D eigenvalue weighted by Gasteiger charge is -2.21. The molecule has 6 nitrogen and oxygen atoms in total. The molecule has 1 saturated carbocycles. The second-order valence-corrected chi connectivity index (χ2v) is 6.43. The number of carbonyl (C=O) groups excluding carboxylic acids is 3. The summed E-state index contributed by atoms with van der Waals surface area (Å²) in [6, 6.07) is 16.0. The zero-order valence-corrected chi connectivity index (χ0v) is 15.3. The van der Waals surface area contributed by atoms with Crippen LogP contribution in [0, 0.1) is 11.8 Å². The molecule has 0 heterocycles. The summed E-state index contributed by atoms with van der Waals surface area (Å²) in [5.74, 6) is -1.37. The van der Waals surface area contributed by atoms with E-state index in [0.29, 0.717) is 24.2 Å². The van der Waals surface area contributed by atoms with E-state index in [4.69, 9.17) is 0 Å². The SMILES string of the molecule is CCN(C(=O)C1CC1C(=O)Nc1cccc(C(=O)OC)c1)c1ccccc1. The number of benzene rings is 2. The van der Waals surface area contributed by atoms with Crippen molar-refractivity contribution in [2.75, 3.05) is 23.9 Å². The Labute approximate surface area is 158 Å². The standard InChI is InChI=1S/C21H22N2O4/c1-3-23(16-10-5-4-6-11-16)20(25)18-13-17(18)19(24)22-15-9-7-8-14(12-15)21(26)27-2/h4-12,17-18H,3,13H2,1-2H3,(H,22,24). The Morgan fingerprint density at radius 1 is 1.07 bits per heavy atom. The molecule has 2 amide bonds. The molecule has 6 heteroatoms. The summed E-state index contributed by atoms with van der Waals surface area (Å²) in [5.41, 5.74) is 1.71. The number of para-hydroxylation sites is 1. The molecule has 0 aliphatic heterocycles. The number of anilines is 2. The number of rotatable bonds is 6. The Bertz CT molecular complexity index is 850. The van der Waals surface area contributed by atoms with Crippen molar-refractivity contribution in [1.82, 2.24) is 0 Å². The van der Waals surface area contributed by atoms with E-state index in [0.717, 1.165) is 5.69 Å². The Balaban J connectivity index is 1.63. The fraction of sp³-hybridized carbons (Fsp3) is 0.286. The average molecular weight is 366 g/mol. The molecule has 0 bridgehead atoms. The summed E-state index contributed by atoms with van der Waals surface area (Å²) in [5, 5.41) is 2.79. The molecule has 1 aliphatic carbocycles. The number of amides is 2. The topological polar surface area (TPSA) is 75.7 Å². The van der Waals surface area contributed by atoms with Crippen molar-refractivity contribution in [2.24, 2.45) is 11.8 Å². The number of hydrogen-bond acceptors (Lipinski definition) is 4. The van der Waals surface area contributed by atoms with Gasteiger partial charge in [0, 0.05) is 17.9 Å². The number of methoxy groups -OCH3 is 1. The number of carbonyl (C=O) groups is 3. The first kappa shape index (κ1) is 18.6. The zero-order valence-electron chi connectivity index (χ0n) is 15.3. The van der Waals surface area contributed by atoms with Gasteiger partial charge in [0.1, 0.15) is 0 Å². The quantitative estimate of drug-likeness (QED) is 0.797. The number of nitrogens with one attached hydrogen (secondary N) is 1. The Morgan fingerprint density at radius 2 is 1.81 bits per heavy atom. The van der Waals surface area contributed by atoms with E-state index in [-0.39, 0.29) is 23.7 Å². The fourth-order valence-electron chi connectivity index (χ4n) is 3.11. The second-order valence-electron chi connectivity index (χ2n) is 6.43. The highest BCUT2D eigenvalue weighted by Gasteiger charge is 2.49. The van der Waals surface area contributed by atoms with E-state index in [1.54, 1.807) is 29.2 Å². The number of ether oxygens (including phenoxy) is 1. The third kappa shape index (κ3) is 4.16. The number of hydrogen-bond donors (Lipinski definition) is 1. The van der Waals surface area contributed by atoms with Gasteiger partial charge in [-0.05, 0) is 43.7 Å². The van der Waals surface area contributed by atoms with Gasteiger partial charge in [0.05, 0.1) is 24.5 Å². The first-order chi connectivity index (χ1) is 13.0. The highest BCUT2D eigenvalue weighted by atomic mass is 16.5. The van der Waals surface area contributed by atoms with Crippen molar-refractivity contribution in [3.8, 4) is 0 Å². The van der Waals surface area contributed by atoms with Gasteiger partial charge < -0.3 is 15.0 Å². The van der Waals surface area contributed by atoms with E-state index in [1.165, 1.54) is 7.11 Å². The van der Waals surface area contributed by atoms with Crippen LogP contribution in [0.5, 0.6) is 0 Å². The van der Waals surface area contributed by atoms with Crippen LogP contribution >= 0.6 is 0 Å². The van der Waals surface area contributed by atoms with Crippen molar-refractivity contribution in [1.29, 1.82) is 0 Å². The first-order valence-corrected chi connectivity index (χ1v) is 8.90. The molecule has 2 unspecified atom stereocenters. The van der Waals surface area contributed by atoms with Gasteiger partial charge in [0.25, 0.3) is 0 Å². The van der Waals surface area contributed by atoms with Crippen LogP contribution in [0.2, 0.25) is 0 Å². The van der Waals surface area contributed by atoms with Crippen LogP contribution in [-0.2, 0) is 14.3 Å². The second kappa shape index (κ2) is 8.03. The molecular weight excluding hydrogens is 344 g/mol. The summed E-state index contributed by atoms with van der Waals surface area (Å²) < 4.78 is 4.68. The maximum absolute atomic E-state index is 12.8. The molecule has 2 aromatic carbocycles. The van der Waals surface area contributed by atoms with E-state index in [9.17, 15) is 14.4 Å². The maximum Gasteiger partial charge on any atom is 0.337 e. The summed E-state index contributed by atoms with van der Waals surface area (Å²) in [4.78, 5) is 38.6. The minimum absolute atomic E-state index is 0.0350. The van der Waals surface area contributed by atoms with Gasteiger partial charge >= 0.3 is 5.97 Å². The highest BCUT2D eigenvalue weighted by Crippen LogP contribution is 2.41. The molecule has 0 spiro atoms. The minimum atomic E-state index is -0.466. The Morgan fingerprint density at radius 3 is 2.48 bits per heavy atom. The van der Waals surface area contributed by atoms with E-state index >= 15 is 0 Å². The van der Waals surface area contributed by atoms with E-state index < -0.39 is 5.97 Å². The average Bonchev–Trinajstić information content (AvgIpc) is 3.50. The molecule has 2 atom stereocenters. The molecule has 1 aliphatic rings. The lowest BCUT2D eigenvalue weighted by Crippen LogP contribution is -2.33. The van der Waals surface area contributed by atoms with Crippen LogP contribution in [0.3, 0.4) is 0 Å². The van der Waals surface area contributed by atoms with Crippen LogP contribution in [0.4, 0.5) is 11.4 Å². The monoisotopic (exact) mass is 366 g/mol. The third-order valence-corrected chi connectivity index (χ3v) is 4.65. The minimum Gasteiger partial charge on any atom is -0.465 e. The molecule has 1 N–H and O–H groups in total. The molecule has 140 valence electrons. The van der Waals surface area contributed by atoms with E-state index in [1.807, 2.05) is 37.3 Å². The van der Waals surface area contributed by atoms with Crippen LogP contribution in [0.25, 0.3) is 0 Å². The van der Waals surface area contributed by atoms with Crippen molar-refractivity contribution in [2.45, 2.75) is 13.3 Å². The Kier molecular flexibility index (Phi) is 5.54. The van der Waals surface area contributed by atoms with Crippen molar-refractivity contribution in [3.05, 3.63) is 60.2 Å². The molecule has 0 radical (unpaired) electrons. The van der Waals surface area contributed by atoms with Gasteiger partial charge in [-0.1, -0.05) is 24.3 Å². The van der Waals surface area contributed by atoms with Gasteiger partial charge in [-0.3, -0.25) is 9.59 Å². The van der Waals surface area contributed by atoms with Crippen LogP contribution < -0.4 is 10.2 Å². The molecule has 27 heavy (non-hydrogen) atoms. The summed E-state index contributed by atoms with van der Waals surface area (Å²) in [6.45, 7) is 2.47. The van der Waals surface area contributed by atoms with Gasteiger partial charge in [0.15, 0.2) is 0 Å². The molecule has 2 aromatic rings. The van der Waals surface area contributed by atoms with Crippen molar-refractivity contribution in [3.63, 3.8) is 0 Å². The Hall–Kier alpha value is -3.15. The van der Waals surface area contributed by atoms with Crippen LogP contribution in [-0.4, -0.2) is 31.4 Å². The molecule has 1 fully saturated rings. The molecular formula is C21H22N2O4. The summed E-state index contributed by atoms with van der Waals surface area (Å²) in [7, 11) is 1.31. The van der Waals surface area contributed by atoms with Crippen molar-refractivity contribution >= 4 is 29.2 Å². The van der Waals surface area contributed by atoms with Crippen molar-refractivity contribution < 1.29 is 19.1 Å². The predicted molar refractivity (Wildman–Crippen MR) is 102 cm³/mol. The smallest absolute Gasteiger partial charge is 0.337 e. The number of nitrogens with zero attached hydrogens (tertiary/aromatic N) is 1. The lowest BCUT2D eigenvalue weighted by atomic mass is 10.2. The third-order valence-electron chi connectivity index (χ3n) is 4.65. The molecule has 0 saturated heterocycles. The largest absolute Gasteiger partial charge is 0.465 e. The predicted octanol–water partition coefficient (Wildman–Crippen LogP) is 3.10. The highest BCUT2D eigenvalue weighted by molar-refractivity contribution is 6.04. The normalized spacial score (nSPS) is 17.7. The van der Waals surface area contributed by atoms with Gasteiger partial charge in [-0.2, -0.15) is 0 Å². The summed E-state index contributed by atoms with van der Waals surface area (Å²) in [6.07, 6.45) is 0.532. The fourth-order valence-corrected chi connectivity index (χ4v) is 3.11. The van der Waals surface area contributed by atoms with Gasteiger partial charge in [-0.15, -0.1) is 0 Å². The summed E-state index contributed by atoms with van der Waals surface area (Å²) >= 11 is 0. The first-order valence-electron chi connectivity index (χ1n) is 8.90. The van der Waals surface area contributed by atoms with E-state index in [2.05, 4.69) is 10.1 Å². The molecule has 3 rings (SSSR count).